The maximum atomic E-state index is 12.3. The second kappa shape index (κ2) is 8.32. The largest absolute Gasteiger partial charge is 0.382 e. The zero-order chi connectivity index (χ0) is 15.8. The van der Waals surface area contributed by atoms with Crippen molar-refractivity contribution in [2.75, 3.05) is 13.7 Å². The van der Waals surface area contributed by atoms with Gasteiger partial charge in [-0.15, -0.1) is 0 Å². The SMILES string of the molecule is COCC(NC(=O)[C@@H](N)Cc1ccccc1)c1ccccc1. The van der Waals surface area contributed by atoms with Gasteiger partial charge in [-0.25, -0.2) is 0 Å². The number of methoxy groups -OCH3 is 1. The van der Waals surface area contributed by atoms with E-state index in [1.807, 2.05) is 60.7 Å². The summed E-state index contributed by atoms with van der Waals surface area (Å²) < 4.78 is 5.20. The summed E-state index contributed by atoms with van der Waals surface area (Å²) in [4.78, 5) is 12.3. The normalized spacial score (nSPS) is 13.4. The number of hydrogen-bond acceptors (Lipinski definition) is 3. The first-order chi connectivity index (χ1) is 10.7. The second-order valence-electron chi connectivity index (χ2n) is 5.22. The van der Waals surface area contributed by atoms with E-state index >= 15 is 0 Å². The molecular weight excluding hydrogens is 276 g/mol. The molecule has 0 bridgehead atoms. The third-order valence-electron chi connectivity index (χ3n) is 3.49. The predicted molar refractivity (Wildman–Crippen MR) is 87.3 cm³/mol. The molecule has 4 nitrogen and oxygen atoms in total. The van der Waals surface area contributed by atoms with E-state index in [-0.39, 0.29) is 11.9 Å². The zero-order valence-electron chi connectivity index (χ0n) is 12.7. The van der Waals surface area contributed by atoms with Crippen molar-refractivity contribution in [1.82, 2.24) is 5.32 Å². The van der Waals surface area contributed by atoms with Crippen LogP contribution in [-0.4, -0.2) is 25.7 Å². The van der Waals surface area contributed by atoms with Gasteiger partial charge in [0.05, 0.1) is 18.7 Å². The number of benzene rings is 2. The van der Waals surface area contributed by atoms with E-state index in [4.69, 9.17) is 10.5 Å². The van der Waals surface area contributed by atoms with Crippen molar-refractivity contribution >= 4 is 5.91 Å². The number of hydrogen-bond donors (Lipinski definition) is 2. The number of ether oxygens (including phenoxy) is 1. The second-order valence-corrected chi connectivity index (χ2v) is 5.22. The Morgan fingerprint density at radius 2 is 1.68 bits per heavy atom. The lowest BCUT2D eigenvalue weighted by Crippen LogP contribution is -2.44. The maximum absolute atomic E-state index is 12.3. The Hall–Kier alpha value is -2.17. The predicted octanol–water partition coefficient (Wildman–Crippen LogP) is 2.06. The van der Waals surface area contributed by atoms with Crippen molar-refractivity contribution in [1.29, 1.82) is 0 Å². The van der Waals surface area contributed by atoms with Crippen LogP contribution in [0.4, 0.5) is 0 Å². The lowest BCUT2D eigenvalue weighted by molar-refractivity contribution is -0.123. The minimum absolute atomic E-state index is 0.172. The number of carbonyl (C=O) groups excluding carboxylic acids is 1. The molecule has 0 aliphatic heterocycles. The highest BCUT2D eigenvalue weighted by atomic mass is 16.5. The van der Waals surface area contributed by atoms with Gasteiger partial charge in [0, 0.05) is 7.11 Å². The number of carbonyl (C=O) groups is 1. The van der Waals surface area contributed by atoms with Crippen LogP contribution < -0.4 is 11.1 Å². The summed E-state index contributed by atoms with van der Waals surface area (Å²) in [6.45, 7) is 0.411. The summed E-state index contributed by atoms with van der Waals surface area (Å²) in [5.41, 5.74) is 8.07. The molecule has 0 spiro atoms. The van der Waals surface area contributed by atoms with Crippen LogP contribution in [-0.2, 0) is 16.0 Å². The minimum Gasteiger partial charge on any atom is -0.382 e. The summed E-state index contributed by atoms with van der Waals surface area (Å²) in [7, 11) is 1.62. The average Bonchev–Trinajstić information content (AvgIpc) is 2.56. The Bertz CT molecular complexity index is 572. The summed E-state index contributed by atoms with van der Waals surface area (Å²) >= 11 is 0. The topological polar surface area (TPSA) is 64.3 Å². The van der Waals surface area contributed by atoms with E-state index in [9.17, 15) is 4.79 Å². The van der Waals surface area contributed by atoms with Gasteiger partial charge in [0.1, 0.15) is 0 Å². The van der Waals surface area contributed by atoms with E-state index in [1.54, 1.807) is 7.11 Å². The summed E-state index contributed by atoms with van der Waals surface area (Å²) in [5.74, 6) is -0.172. The van der Waals surface area contributed by atoms with Crippen molar-refractivity contribution in [2.45, 2.75) is 18.5 Å². The van der Waals surface area contributed by atoms with Crippen LogP contribution in [0.15, 0.2) is 60.7 Å². The fourth-order valence-electron chi connectivity index (χ4n) is 2.31. The molecule has 1 amide bonds. The Morgan fingerprint density at radius 3 is 2.27 bits per heavy atom. The molecule has 2 rings (SSSR count). The first-order valence-corrected chi connectivity index (χ1v) is 7.34. The molecule has 0 saturated carbocycles. The molecule has 4 heteroatoms. The molecule has 0 aliphatic carbocycles. The zero-order valence-corrected chi connectivity index (χ0v) is 12.7. The molecule has 0 saturated heterocycles. The summed E-state index contributed by atoms with van der Waals surface area (Å²) in [5, 5.41) is 2.97. The van der Waals surface area contributed by atoms with Crippen LogP contribution in [0.25, 0.3) is 0 Å². The van der Waals surface area contributed by atoms with Crippen LogP contribution in [0.1, 0.15) is 17.2 Å². The van der Waals surface area contributed by atoms with Gasteiger partial charge in [0.15, 0.2) is 0 Å². The van der Waals surface area contributed by atoms with Gasteiger partial charge in [-0.3, -0.25) is 4.79 Å². The number of rotatable bonds is 7. The van der Waals surface area contributed by atoms with Gasteiger partial charge in [0.25, 0.3) is 0 Å². The van der Waals surface area contributed by atoms with E-state index in [2.05, 4.69) is 5.32 Å². The lowest BCUT2D eigenvalue weighted by atomic mass is 10.0. The molecule has 2 aromatic rings. The summed E-state index contributed by atoms with van der Waals surface area (Å²) in [6, 6.07) is 18.7. The molecule has 0 heterocycles. The quantitative estimate of drug-likeness (QED) is 0.822. The molecule has 116 valence electrons. The van der Waals surface area contributed by atoms with E-state index in [0.29, 0.717) is 13.0 Å². The molecular formula is C18H22N2O2. The van der Waals surface area contributed by atoms with E-state index in [0.717, 1.165) is 11.1 Å². The number of amides is 1. The van der Waals surface area contributed by atoms with Crippen LogP contribution in [0.5, 0.6) is 0 Å². The summed E-state index contributed by atoms with van der Waals surface area (Å²) in [6.07, 6.45) is 0.515. The maximum Gasteiger partial charge on any atom is 0.237 e. The monoisotopic (exact) mass is 298 g/mol. The van der Waals surface area contributed by atoms with E-state index in [1.165, 1.54) is 0 Å². The van der Waals surface area contributed by atoms with Crippen molar-refractivity contribution in [3.05, 3.63) is 71.8 Å². The molecule has 0 aliphatic rings. The third-order valence-corrected chi connectivity index (χ3v) is 3.49. The van der Waals surface area contributed by atoms with Gasteiger partial charge in [-0.2, -0.15) is 0 Å². The average molecular weight is 298 g/mol. The Labute approximate surface area is 131 Å². The number of nitrogens with two attached hydrogens (primary N) is 1. The Morgan fingerprint density at radius 1 is 1.09 bits per heavy atom. The molecule has 0 aromatic heterocycles. The van der Waals surface area contributed by atoms with Gasteiger partial charge in [-0.05, 0) is 17.5 Å². The van der Waals surface area contributed by atoms with Crippen molar-refractivity contribution in [2.24, 2.45) is 5.73 Å². The first-order valence-electron chi connectivity index (χ1n) is 7.34. The van der Waals surface area contributed by atoms with Crippen molar-refractivity contribution in [3.8, 4) is 0 Å². The Kier molecular flexibility index (Phi) is 6.13. The molecule has 0 radical (unpaired) electrons. The van der Waals surface area contributed by atoms with Crippen LogP contribution >= 0.6 is 0 Å². The fourth-order valence-corrected chi connectivity index (χ4v) is 2.31. The van der Waals surface area contributed by atoms with Gasteiger partial charge in [-0.1, -0.05) is 60.7 Å². The third kappa shape index (κ3) is 4.69. The van der Waals surface area contributed by atoms with E-state index < -0.39 is 6.04 Å². The molecule has 2 atom stereocenters. The van der Waals surface area contributed by atoms with Crippen molar-refractivity contribution in [3.63, 3.8) is 0 Å². The van der Waals surface area contributed by atoms with Gasteiger partial charge in [0.2, 0.25) is 5.91 Å². The first kappa shape index (κ1) is 16.2. The fraction of sp³-hybridized carbons (Fsp3) is 0.278. The number of nitrogens with one attached hydrogen (secondary N) is 1. The van der Waals surface area contributed by atoms with Crippen LogP contribution in [0.3, 0.4) is 0 Å². The van der Waals surface area contributed by atoms with Gasteiger partial charge >= 0.3 is 0 Å². The van der Waals surface area contributed by atoms with Crippen LogP contribution in [0, 0.1) is 0 Å². The van der Waals surface area contributed by atoms with Crippen LogP contribution in [0.2, 0.25) is 0 Å². The lowest BCUT2D eigenvalue weighted by Gasteiger charge is -2.21. The standard InChI is InChI=1S/C18H22N2O2/c1-22-13-17(15-10-6-3-7-11-15)20-18(21)16(19)12-14-8-4-2-5-9-14/h2-11,16-17H,12-13,19H2,1H3,(H,20,21)/t16-,17?/m0/s1. The highest BCUT2D eigenvalue weighted by Gasteiger charge is 2.19. The van der Waals surface area contributed by atoms with Crippen molar-refractivity contribution < 1.29 is 9.53 Å². The molecule has 2 aromatic carbocycles. The smallest absolute Gasteiger partial charge is 0.237 e. The molecule has 1 unspecified atom stereocenters. The highest BCUT2D eigenvalue weighted by Crippen LogP contribution is 2.13. The molecule has 0 fully saturated rings. The highest BCUT2D eigenvalue weighted by molar-refractivity contribution is 5.82. The molecule has 3 N–H and O–H groups in total. The minimum atomic E-state index is -0.578. The van der Waals surface area contributed by atoms with Gasteiger partial charge < -0.3 is 15.8 Å². The molecule has 22 heavy (non-hydrogen) atoms. The Balaban J connectivity index is 1.98.